The molecule has 1 aliphatic rings. The number of aromatic nitrogens is 1. The zero-order chi connectivity index (χ0) is 21.3. The number of piperazine rings is 1. The monoisotopic (exact) mass is 419 g/mol. The van der Waals surface area contributed by atoms with Gasteiger partial charge in [0.1, 0.15) is 6.04 Å². The van der Waals surface area contributed by atoms with Gasteiger partial charge in [-0.1, -0.05) is 0 Å². The summed E-state index contributed by atoms with van der Waals surface area (Å²) in [5.74, 6) is -3.52. The number of nitrogens with one attached hydrogen (secondary N) is 1. The number of rotatable bonds is 7. The first kappa shape index (κ1) is 23.7. The van der Waals surface area contributed by atoms with Gasteiger partial charge in [-0.2, -0.15) is 0 Å². The quantitative estimate of drug-likeness (QED) is 0.307. The number of pyridine rings is 1. The predicted octanol–water partition coefficient (Wildman–Crippen LogP) is -0.609. The number of carboxylic acid groups (broad SMARTS) is 3. The van der Waals surface area contributed by atoms with E-state index in [0.29, 0.717) is 32.6 Å². The SMILES string of the molecule is O=C(O)C1CN(CCCP(=O)(O)O)CCN1.O=C(O)c1cccnc1C(=O)O. The maximum Gasteiger partial charge on any atom is 0.355 e. The van der Waals surface area contributed by atoms with Crippen LogP contribution in [0.5, 0.6) is 0 Å². The first-order valence-electron chi connectivity index (χ1n) is 8.16. The van der Waals surface area contributed by atoms with Crippen LogP contribution in [0.1, 0.15) is 27.3 Å². The van der Waals surface area contributed by atoms with Crippen molar-refractivity contribution in [2.45, 2.75) is 12.5 Å². The summed E-state index contributed by atoms with van der Waals surface area (Å²) in [6.07, 6.45) is 1.47. The van der Waals surface area contributed by atoms with Gasteiger partial charge in [0.25, 0.3) is 0 Å². The van der Waals surface area contributed by atoms with E-state index in [1.54, 1.807) is 0 Å². The highest BCUT2D eigenvalue weighted by atomic mass is 31.2. The summed E-state index contributed by atoms with van der Waals surface area (Å²) in [7, 11) is -3.93. The maximum atomic E-state index is 10.7. The van der Waals surface area contributed by atoms with Crippen LogP contribution in [0.2, 0.25) is 0 Å². The molecule has 156 valence electrons. The van der Waals surface area contributed by atoms with E-state index >= 15 is 0 Å². The average molecular weight is 419 g/mol. The molecule has 0 spiro atoms. The number of aromatic carboxylic acids is 2. The fraction of sp³-hybridized carbons (Fsp3) is 0.467. The van der Waals surface area contributed by atoms with Crippen LogP contribution in [-0.2, 0) is 9.36 Å². The minimum absolute atomic E-state index is 0.144. The van der Waals surface area contributed by atoms with Gasteiger partial charge in [-0.15, -0.1) is 0 Å². The van der Waals surface area contributed by atoms with Gasteiger partial charge in [0.2, 0.25) is 0 Å². The Bertz CT molecular complexity index is 719. The molecule has 0 bridgehead atoms. The molecule has 1 atom stereocenters. The van der Waals surface area contributed by atoms with E-state index in [2.05, 4.69) is 10.3 Å². The Balaban J connectivity index is 0.000000292. The lowest BCUT2D eigenvalue weighted by Crippen LogP contribution is -2.54. The molecule has 2 heterocycles. The standard InChI is InChI=1S/C8H17N2O5P.C7H5NO4/c11-8(12)7-6-10(4-2-9-7)3-1-5-16(13,14)15;9-6(10)4-2-1-3-8-5(4)7(11)12/h7,9H,1-6H2,(H,11,12)(H2,13,14,15);1-3H,(H,9,10)(H,11,12). The molecule has 1 unspecified atom stereocenters. The Labute approximate surface area is 160 Å². The normalized spacial score (nSPS) is 17.3. The lowest BCUT2D eigenvalue weighted by Gasteiger charge is -2.31. The van der Waals surface area contributed by atoms with Crippen molar-refractivity contribution < 1.29 is 44.1 Å². The molecule has 1 aromatic heterocycles. The lowest BCUT2D eigenvalue weighted by molar-refractivity contribution is -0.140. The molecule has 1 saturated heterocycles. The Hall–Kier alpha value is -2.37. The van der Waals surface area contributed by atoms with Gasteiger partial charge in [-0.3, -0.25) is 14.3 Å². The van der Waals surface area contributed by atoms with Crippen LogP contribution in [0.3, 0.4) is 0 Å². The molecule has 1 fully saturated rings. The molecular formula is C15H22N3O9P. The van der Waals surface area contributed by atoms with Gasteiger partial charge >= 0.3 is 25.5 Å². The van der Waals surface area contributed by atoms with Crippen LogP contribution in [0.25, 0.3) is 0 Å². The highest BCUT2D eigenvalue weighted by molar-refractivity contribution is 7.51. The number of hydrogen-bond acceptors (Lipinski definition) is 7. The molecule has 2 rings (SSSR count). The van der Waals surface area contributed by atoms with Crippen molar-refractivity contribution in [1.29, 1.82) is 0 Å². The topological polar surface area (TPSA) is 198 Å². The summed E-state index contributed by atoms with van der Waals surface area (Å²) < 4.78 is 10.6. The van der Waals surface area contributed by atoms with Crippen LogP contribution in [0.4, 0.5) is 0 Å². The summed E-state index contributed by atoms with van der Waals surface area (Å²) >= 11 is 0. The zero-order valence-corrected chi connectivity index (χ0v) is 15.7. The minimum atomic E-state index is -3.93. The third kappa shape index (κ3) is 8.55. The van der Waals surface area contributed by atoms with Gasteiger partial charge in [-0.25, -0.2) is 14.6 Å². The Kier molecular flexibility index (Phi) is 9.16. The second-order valence-corrected chi connectivity index (χ2v) is 7.67. The first-order chi connectivity index (χ1) is 13.0. The van der Waals surface area contributed by atoms with Crippen molar-refractivity contribution in [2.24, 2.45) is 0 Å². The van der Waals surface area contributed by atoms with E-state index in [1.807, 2.05) is 4.90 Å². The molecular weight excluding hydrogens is 397 g/mol. The Morgan fingerprint density at radius 3 is 2.39 bits per heavy atom. The highest BCUT2D eigenvalue weighted by Crippen LogP contribution is 2.34. The smallest absolute Gasteiger partial charge is 0.355 e. The summed E-state index contributed by atoms with van der Waals surface area (Å²) in [6, 6.07) is 1.98. The van der Waals surface area contributed by atoms with E-state index in [-0.39, 0.29) is 11.7 Å². The lowest BCUT2D eigenvalue weighted by atomic mass is 10.2. The largest absolute Gasteiger partial charge is 0.480 e. The number of hydrogen-bond donors (Lipinski definition) is 6. The highest BCUT2D eigenvalue weighted by Gasteiger charge is 2.24. The van der Waals surface area contributed by atoms with Crippen molar-refractivity contribution in [3.63, 3.8) is 0 Å². The van der Waals surface area contributed by atoms with Crippen LogP contribution in [0, 0.1) is 0 Å². The summed E-state index contributed by atoms with van der Waals surface area (Å²) in [5.41, 5.74) is -0.741. The van der Waals surface area contributed by atoms with Crippen LogP contribution in [0.15, 0.2) is 18.3 Å². The fourth-order valence-corrected chi connectivity index (χ4v) is 2.98. The number of carbonyl (C=O) groups is 3. The molecule has 12 nitrogen and oxygen atoms in total. The molecule has 28 heavy (non-hydrogen) atoms. The summed E-state index contributed by atoms with van der Waals surface area (Å²) in [4.78, 5) is 54.2. The van der Waals surface area contributed by atoms with E-state index in [1.165, 1.54) is 18.3 Å². The van der Waals surface area contributed by atoms with Crippen molar-refractivity contribution >= 4 is 25.5 Å². The van der Waals surface area contributed by atoms with Crippen LogP contribution < -0.4 is 5.32 Å². The van der Waals surface area contributed by atoms with E-state index in [0.717, 1.165) is 0 Å². The van der Waals surface area contributed by atoms with Crippen molar-refractivity contribution in [1.82, 2.24) is 15.2 Å². The predicted molar refractivity (Wildman–Crippen MR) is 95.6 cm³/mol. The molecule has 0 aromatic carbocycles. The summed E-state index contributed by atoms with van der Waals surface area (Å²) in [5, 5.41) is 28.7. The van der Waals surface area contributed by atoms with Gasteiger partial charge in [0, 0.05) is 25.8 Å². The van der Waals surface area contributed by atoms with Gasteiger partial charge in [0.15, 0.2) is 5.69 Å². The Morgan fingerprint density at radius 1 is 1.21 bits per heavy atom. The van der Waals surface area contributed by atoms with E-state index < -0.39 is 37.2 Å². The van der Waals surface area contributed by atoms with Crippen molar-refractivity contribution in [3.8, 4) is 0 Å². The third-order valence-electron chi connectivity index (χ3n) is 3.72. The van der Waals surface area contributed by atoms with Gasteiger partial charge in [0.05, 0.1) is 11.7 Å². The third-order valence-corrected chi connectivity index (χ3v) is 4.62. The Morgan fingerprint density at radius 2 is 1.89 bits per heavy atom. The molecule has 0 aliphatic carbocycles. The maximum absolute atomic E-state index is 10.7. The van der Waals surface area contributed by atoms with E-state index in [9.17, 15) is 18.9 Å². The fourth-order valence-electron chi connectivity index (χ4n) is 2.43. The first-order valence-corrected chi connectivity index (χ1v) is 9.95. The molecule has 0 saturated carbocycles. The van der Waals surface area contributed by atoms with Crippen molar-refractivity contribution in [3.05, 3.63) is 29.6 Å². The number of aliphatic carboxylic acids is 1. The second-order valence-electron chi connectivity index (χ2n) is 5.90. The number of nitrogens with zero attached hydrogens (tertiary/aromatic N) is 2. The molecule has 0 amide bonds. The zero-order valence-electron chi connectivity index (χ0n) is 14.8. The number of carboxylic acids is 3. The average Bonchev–Trinajstić information content (AvgIpc) is 2.61. The minimum Gasteiger partial charge on any atom is -0.480 e. The van der Waals surface area contributed by atoms with Crippen LogP contribution >= 0.6 is 7.60 Å². The molecule has 1 aliphatic heterocycles. The summed E-state index contributed by atoms with van der Waals surface area (Å²) in [6.45, 7) is 2.21. The van der Waals surface area contributed by atoms with Crippen LogP contribution in [-0.4, -0.2) is 91.3 Å². The second kappa shape index (κ2) is 10.8. The van der Waals surface area contributed by atoms with Crippen molar-refractivity contribution in [2.75, 3.05) is 32.3 Å². The molecule has 0 radical (unpaired) electrons. The molecule has 13 heteroatoms. The molecule has 6 N–H and O–H groups in total. The molecule has 1 aromatic rings. The van der Waals surface area contributed by atoms with Gasteiger partial charge < -0.3 is 30.4 Å². The van der Waals surface area contributed by atoms with Gasteiger partial charge in [-0.05, 0) is 25.1 Å². The van der Waals surface area contributed by atoms with E-state index in [4.69, 9.17) is 25.1 Å².